The number of hydrogen-bond acceptors (Lipinski definition) is 7. The summed E-state index contributed by atoms with van der Waals surface area (Å²) >= 11 is 1.52. The average molecular weight is 329 g/mol. The van der Waals surface area contributed by atoms with Gasteiger partial charge in [-0.1, -0.05) is 24.2 Å². The maximum atomic E-state index is 5.61. The van der Waals surface area contributed by atoms with Crippen molar-refractivity contribution in [1.82, 2.24) is 20.4 Å². The van der Waals surface area contributed by atoms with Gasteiger partial charge in [-0.2, -0.15) is 4.98 Å². The maximum absolute atomic E-state index is 5.61. The molecule has 0 aliphatic rings. The van der Waals surface area contributed by atoms with Gasteiger partial charge in [-0.25, -0.2) is 4.98 Å². The Morgan fingerprint density at radius 1 is 1.26 bits per heavy atom. The van der Waals surface area contributed by atoms with Gasteiger partial charge in [0.2, 0.25) is 0 Å². The average Bonchev–Trinajstić information content (AvgIpc) is 3.21. The van der Waals surface area contributed by atoms with Crippen LogP contribution in [0, 0.1) is 0 Å². The summed E-state index contributed by atoms with van der Waals surface area (Å²) in [4.78, 5) is 9.52. The van der Waals surface area contributed by atoms with Gasteiger partial charge in [0.25, 0.3) is 5.89 Å². The zero-order valence-electron chi connectivity index (χ0n) is 13.0. The van der Waals surface area contributed by atoms with E-state index in [2.05, 4.69) is 32.6 Å². The van der Waals surface area contributed by atoms with Gasteiger partial charge in [-0.3, -0.25) is 0 Å². The Bertz CT molecular complexity index is 750. The fraction of sp³-hybridized carbons (Fsp3) is 0.312. The van der Waals surface area contributed by atoms with Crippen LogP contribution < -0.4 is 11.1 Å². The quantitative estimate of drug-likeness (QED) is 0.648. The fourth-order valence-electron chi connectivity index (χ4n) is 2.18. The molecule has 0 saturated heterocycles. The Kier molecular flexibility index (Phi) is 4.99. The lowest BCUT2D eigenvalue weighted by Crippen LogP contribution is -2.15. The van der Waals surface area contributed by atoms with E-state index in [1.807, 2.05) is 25.3 Å². The van der Waals surface area contributed by atoms with E-state index in [1.165, 1.54) is 16.9 Å². The van der Waals surface area contributed by atoms with Crippen molar-refractivity contribution in [3.8, 4) is 11.5 Å². The Hall–Kier alpha value is -2.25. The van der Waals surface area contributed by atoms with E-state index in [0.29, 0.717) is 11.0 Å². The van der Waals surface area contributed by atoms with Gasteiger partial charge in [0.15, 0.2) is 11.0 Å². The van der Waals surface area contributed by atoms with Crippen molar-refractivity contribution in [1.29, 1.82) is 0 Å². The number of hydrogen-bond donors (Lipinski definition) is 2. The molecule has 2 heterocycles. The number of nitrogens with one attached hydrogen (secondary N) is 1. The van der Waals surface area contributed by atoms with Gasteiger partial charge in [0.1, 0.15) is 0 Å². The molecule has 0 unspecified atom stereocenters. The summed E-state index contributed by atoms with van der Waals surface area (Å²) in [6.07, 6.45) is 3.55. The molecule has 6 nitrogen and oxygen atoms in total. The minimum absolute atomic E-state index is 0.578. The molecule has 0 atom stereocenters. The lowest BCUT2D eigenvalue weighted by Gasteiger charge is -2.04. The van der Waals surface area contributed by atoms with Gasteiger partial charge in [-0.15, -0.1) is 11.3 Å². The predicted octanol–water partition coefficient (Wildman–Crippen LogP) is 2.67. The molecule has 3 aromatic rings. The zero-order valence-corrected chi connectivity index (χ0v) is 13.8. The van der Waals surface area contributed by atoms with Crippen LogP contribution in [0.3, 0.4) is 0 Å². The highest BCUT2D eigenvalue weighted by atomic mass is 32.1. The van der Waals surface area contributed by atoms with Crippen molar-refractivity contribution < 1.29 is 4.52 Å². The topological polar surface area (TPSA) is 89.9 Å². The highest BCUT2D eigenvalue weighted by Gasteiger charge is 2.07. The molecule has 0 bridgehead atoms. The van der Waals surface area contributed by atoms with Crippen molar-refractivity contribution in [2.24, 2.45) is 0 Å². The smallest absolute Gasteiger partial charge is 0.257 e. The van der Waals surface area contributed by atoms with Crippen LogP contribution in [0.4, 0.5) is 5.13 Å². The molecule has 0 aliphatic heterocycles. The highest BCUT2D eigenvalue weighted by molar-refractivity contribution is 7.15. The lowest BCUT2D eigenvalue weighted by molar-refractivity contribution is 0.423. The molecule has 0 fully saturated rings. The van der Waals surface area contributed by atoms with Crippen molar-refractivity contribution in [3.05, 3.63) is 46.7 Å². The second kappa shape index (κ2) is 7.34. The lowest BCUT2D eigenvalue weighted by atomic mass is 10.1. The van der Waals surface area contributed by atoms with Gasteiger partial charge in [-0.05, 0) is 30.7 Å². The second-order valence-electron chi connectivity index (χ2n) is 5.16. The Morgan fingerprint density at radius 3 is 2.74 bits per heavy atom. The van der Waals surface area contributed by atoms with E-state index in [9.17, 15) is 0 Å². The van der Waals surface area contributed by atoms with Crippen molar-refractivity contribution in [3.63, 3.8) is 0 Å². The number of nitrogens with zero attached hydrogens (tertiary/aromatic N) is 3. The normalized spacial score (nSPS) is 11.0. The predicted molar refractivity (Wildman–Crippen MR) is 91.0 cm³/mol. The zero-order chi connectivity index (χ0) is 16.1. The number of nitrogen functional groups attached to an aromatic ring is 1. The standard InChI is InChI=1S/C16H19N5OS/c1-2-14-20-15(22-21-14)12-5-3-11(4-6-12)7-8-18-9-13-10-19-16(17)23-13/h3-6,10,18H,2,7-9H2,1H3,(H2,17,19). The first kappa shape index (κ1) is 15.6. The summed E-state index contributed by atoms with van der Waals surface area (Å²) in [5, 5.41) is 7.93. The van der Waals surface area contributed by atoms with E-state index in [0.717, 1.165) is 42.2 Å². The third-order valence-electron chi connectivity index (χ3n) is 3.45. The Balaban J connectivity index is 1.49. The van der Waals surface area contributed by atoms with E-state index in [-0.39, 0.29) is 0 Å². The highest BCUT2D eigenvalue weighted by Crippen LogP contribution is 2.18. The molecule has 2 aromatic heterocycles. The summed E-state index contributed by atoms with van der Waals surface area (Å²) in [7, 11) is 0. The number of nitrogens with two attached hydrogens (primary N) is 1. The van der Waals surface area contributed by atoms with Gasteiger partial charge in [0, 0.05) is 29.6 Å². The van der Waals surface area contributed by atoms with Crippen LogP contribution in [0.2, 0.25) is 0 Å². The molecular weight excluding hydrogens is 310 g/mol. The third kappa shape index (κ3) is 4.14. The van der Waals surface area contributed by atoms with E-state index in [4.69, 9.17) is 10.3 Å². The largest absolute Gasteiger partial charge is 0.375 e. The summed E-state index contributed by atoms with van der Waals surface area (Å²) in [6, 6.07) is 8.23. The first-order valence-electron chi connectivity index (χ1n) is 7.57. The molecule has 23 heavy (non-hydrogen) atoms. The van der Waals surface area contributed by atoms with Gasteiger partial charge in [0.05, 0.1) is 0 Å². The first-order chi connectivity index (χ1) is 11.2. The molecule has 0 aliphatic carbocycles. The minimum atomic E-state index is 0.578. The Labute approximate surface area is 138 Å². The molecule has 3 rings (SSSR count). The van der Waals surface area contributed by atoms with Crippen LogP contribution in [0.15, 0.2) is 35.0 Å². The Morgan fingerprint density at radius 2 is 2.09 bits per heavy atom. The monoisotopic (exact) mass is 329 g/mol. The number of aryl methyl sites for hydroxylation is 1. The summed E-state index contributed by atoms with van der Waals surface area (Å²) in [5.41, 5.74) is 7.83. The van der Waals surface area contributed by atoms with E-state index >= 15 is 0 Å². The molecule has 7 heteroatoms. The number of benzene rings is 1. The molecule has 0 saturated carbocycles. The molecule has 3 N–H and O–H groups in total. The molecule has 0 spiro atoms. The first-order valence-corrected chi connectivity index (χ1v) is 8.39. The molecule has 1 aromatic carbocycles. The molecule has 0 radical (unpaired) electrons. The van der Waals surface area contributed by atoms with Crippen LogP contribution in [-0.2, 0) is 19.4 Å². The number of rotatable bonds is 7. The SMILES string of the molecule is CCc1noc(-c2ccc(CCNCc3cnc(N)s3)cc2)n1. The van der Waals surface area contributed by atoms with Gasteiger partial charge < -0.3 is 15.6 Å². The molecule has 0 amide bonds. The minimum Gasteiger partial charge on any atom is -0.375 e. The van der Waals surface area contributed by atoms with E-state index < -0.39 is 0 Å². The summed E-state index contributed by atoms with van der Waals surface area (Å²) < 4.78 is 5.24. The summed E-state index contributed by atoms with van der Waals surface area (Å²) in [5.74, 6) is 1.31. The van der Waals surface area contributed by atoms with Crippen molar-refractivity contribution in [2.45, 2.75) is 26.3 Å². The van der Waals surface area contributed by atoms with Crippen molar-refractivity contribution >= 4 is 16.5 Å². The maximum Gasteiger partial charge on any atom is 0.257 e. The van der Waals surface area contributed by atoms with Crippen LogP contribution in [0.25, 0.3) is 11.5 Å². The van der Waals surface area contributed by atoms with Crippen LogP contribution in [0.5, 0.6) is 0 Å². The van der Waals surface area contributed by atoms with Gasteiger partial charge >= 0.3 is 0 Å². The second-order valence-corrected chi connectivity index (χ2v) is 6.30. The number of anilines is 1. The van der Waals surface area contributed by atoms with Crippen molar-refractivity contribution in [2.75, 3.05) is 12.3 Å². The summed E-state index contributed by atoms with van der Waals surface area (Å²) in [6.45, 7) is 3.71. The molecule has 120 valence electrons. The third-order valence-corrected chi connectivity index (χ3v) is 4.27. The molecular formula is C16H19N5OS. The van der Waals surface area contributed by atoms with E-state index in [1.54, 1.807) is 0 Å². The van der Waals surface area contributed by atoms with Crippen LogP contribution >= 0.6 is 11.3 Å². The fourth-order valence-corrected chi connectivity index (χ4v) is 2.83. The number of aromatic nitrogens is 3. The van der Waals surface area contributed by atoms with Crippen LogP contribution in [-0.4, -0.2) is 21.7 Å². The number of thiazole rings is 1. The van der Waals surface area contributed by atoms with Crippen LogP contribution in [0.1, 0.15) is 23.2 Å².